The van der Waals surface area contributed by atoms with Crippen molar-refractivity contribution in [1.29, 1.82) is 0 Å². The third-order valence-corrected chi connectivity index (χ3v) is 8.80. The van der Waals surface area contributed by atoms with Gasteiger partial charge in [0.1, 0.15) is 11.6 Å². The first kappa shape index (κ1) is 28.0. The average Bonchev–Trinajstić information content (AvgIpc) is 3.46. The summed E-state index contributed by atoms with van der Waals surface area (Å²) in [5.74, 6) is -0.506. The highest BCUT2D eigenvalue weighted by Gasteiger charge is 2.43. The summed E-state index contributed by atoms with van der Waals surface area (Å²) >= 11 is 5.96. The van der Waals surface area contributed by atoms with Crippen LogP contribution in [0.2, 0.25) is 5.02 Å². The second-order valence-electron chi connectivity index (χ2n) is 11.5. The van der Waals surface area contributed by atoms with Gasteiger partial charge in [-0.25, -0.2) is 9.37 Å². The van der Waals surface area contributed by atoms with Gasteiger partial charge >= 0.3 is 5.97 Å². The van der Waals surface area contributed by atoms with Crippen LogP contribution in [0.3, 0.4) is 0 Å². The molecule has 4 heterocycles. The van der Waals surface area contributed by atoms with Crippen molar-refractivity contribution in [2.45, 2.75) is 70.4 Å². The molecule has 3 aliphatic rings. The van der Waals surface area contributed by atoms with Crippen molar-refractivity contribution in [3.63, 3.8) is 0 Å². The van der Waals surface area contributed by atoms with Crippen LogP contribution in [0, 0.1) is 11.7 Å². The maximum absolute atomic E-state index is 14.8. The molecule has 218 valence electrons. The second-order valence-corrected chi connectivity index (χ2v) is 11.9. The molecule has 0 aliphatic carbocycles. The molecule has 0 amide bonds. The summed E-state index contributed by atoms with van der Waals surface area (Å²) in [6.45, 7) is 7.39. The van der Waals surface area contributed by atoms with E-state index in [0.717, 1.165) is 56.0 Å². The lowest BCUT2D eigenvalue weighted by Gasteiger charge is -2.33. The number of imidazole rings is 1. The molecule has 41 heavy (non-hydrogen) atoms. The summed E-state index contributed by atoms with van der Waals surface area (Å²) in [5, 5.41) is 9.75. The minimum Gasteiger partial charge on any atom is -0.481 e. The predicted molar refractivity (Wildman–Crippen MR) is 151 cm³/mol. The Balaban J connectivity index is 1.14. The van der Waals surface area contributed by atoms with E-state index in [1.165, 1.54) is 6.07 Å². The molecule has 0 saturated carbocycles. The maximum atomic E-state index is 14.8. The molecule has 3 aliphatic heterocycles. The lowest BCUT2D eigenvalue weighted by Crippen LogP contribution is -2.36. The zero-order chi connectivity index (χ0) is 28.7. The highest BCUT2D eigenvalue weighted by molar-refractivity contribution is 6.30. The smallest absolute Gasteiger partial charge is 0.306 e. The Morgan fingerprint density at radius 1 is 1.22 bits per heavy atom. The van der Waals surface area contributed by atoms with Gasteiger partial charge in [0, 0.05) is 42.4 Å². The molecule has 1 unspecified atom stereocenters. The van der Waals surface area contributed by atoms with Crippen LogP contribution in [-0.4, -0.2) is 51.3 Å². The highest BCUT2D eigenvalue weighted by Crippen LogP contribution is 2.49. The molecule has 0 spiro atoms. The number of carbonyl (C=O) groups is 1. The van der Waals surface area contributed by atoms with Crippen LogP contribution < -0.4 is 9.47 Å². The topological polar surface area (TPSA) is 86.0 Å². The van der Waals surface area contributed by atoms with Gasteiger partial charge in [-0.1, -0.05) is 30.7 Å². The Morgan fingerprint density at radius 2 is 2.00 bits per heavy atom. The molecule has 3 atom stereocenters. The van der Waals surface area contributed by atoms with E-state index in [-0.39, 0.29) is 12.0 Å². The van der Waals surface area contributed by atoms with E-state index in [0.29, 0.717) is 41.6 Å². The molecule has 6 rings (SSSR count). The number of carboxylic acid groups (broad SMARTS) is 1. The van der Waals surface area contributed by atoms with E-state index in [1.807, 2.05) is 18.3 Å². The Hall–Kier alpha value is -3.14. The number of para-hydroxylation sites is 1. The summed E-state index contributed by atoms with van der Waals surface area (Å²) in [6, 6.07) is 10.4. The molecule has 1 aromatic heterocycles. The molecule has 2 saturated heterocycles. The summed E-state index contributed by atoms with van der Waals surface area (Å²) < 4.78 is 35.1. The Bertz CT molecular complexity index is 1440. The third-order valence-electron chi connectivity index (χ3n) is 8.56. The van der Waals surface area contributed by atoms with Crippen molar-refractivity contribution in [2.75, 3.05) is 19.7 Å². The van der Waals surface area contributed by atoms with Gasteiger partial charge in [-0.05, 0) is 62.5 Å². The van der Waals surface area contributed by atoms with Crippen molar-refractivity contribution in [2.24, 2.45) is 5.92 Å². The number of benzene rings is 2. The molecule has 1 N–H and O–H groups in total. The standard InChI is InChI=1S/C31H35ClFN3O5/c1-19(30(37)38)14-22-16-34-28(36(22)17-23-10-13-39-23)18-35-11-8-20(9-12-35)24-4-3-5-27-29(24)41-31(2,40-27)25-7-6-21(32)15-26(25)33/h3-7,15-16,19-20,23H,8-14,17-18H2,1-2H3,(H,37,38)/t19?,23-,31-/m0/s1. The SMILES string of the molecule is CC(Cc1cnc(CN2CCC(c3cccc4c3O[C@@](C)(c3ccc(Cl)cc3F)O4)CC2)n1C[C@@H]1CCO1)C(=O)O. The van der Waals surface area contributed by atoms with E-state index < -0.39 is 23.5 Å². The van der Waals surface area contributed by atoms with Gasteiger partial charge in [-0.2, -0.15) is 0 Å². The van der Waals surface area contributed by atoms with E-state index in [2.05, 4.69) is 15.5 Å². The number of rotatable bonds is 9. The fraction of sp³-hybridized carbons (Fsp3) is 0.484. The molecule has 0 radical (unpaired) electrons. The van der Waals surface area contributed by atoms with Crippen molar-refractivity contribution >= 4 is 17.6 Å². The van der Waals surface area contributed by atoms with Crippen molar-refractivity contribution < 1.29 is 28.5 Å². The minimum absolute atomic E-state index is 0.155. The number of halogens is 2. The zero-order valence-corrected chi connectivity index (χ0v) is 24.1. The number of nitrogens with zero attached hydrogens (tertiary/aromatic N) is 3. The first-order chi connectivity index (χ1) is 19.7. The van der Waals surface area contributed by atoms with Crippen LogP contribution in [0.15, 0.2) is 42.6 Å². The molecule has 2 fully saturated rings. The summed E-state index contributed by atoms with van der Waals surface area (Å²) in [7, 11) is 0. The summed E-state index contributed by atoms with van der Waals surface area (Å²) in [4.78, 5) is 18.6. The van der Waals surface area contributed by atoms with Crippen molar-refractivity contribution in [3.8, 4) is 11.5 Å². The quantitative estimate of drug-likeness (QED) is 0.343. The van der Waals surface area contributed by atoms with Gasteiger partial charge in [0.25, 0.3) is 5.79 Å². The molecule has 10 heteroatoms. The molecule has 2 aromatic carbocycles. The van der Waals surface area contributed by atoms with Crippen molar-refractivity contribution in [1.82, 2.24) is 14.5 Å². The number of aliphatic carboxylic acids is 1. The number of carboxylic acids is 1. The van der Waals surface area contributed by atoms with Crippen LogP contribution in [-0.2, 0) is 34.8 Å². The number of aromatic nitrogens is 2. The van der Waals surface area contributed by atoms with E-state index in [1.54, 1.807) is 26.0 Å². The van der Waals surface area contributed by atoms with Crippen LogP contribution in [0.4, 0.5) is 4.39 Å². The highest BCUT2D eigenvalue weighted by atomic mass is 35.5. The number of hydrogen-bond acceptors (Lipinski definition) is 6. The normalized spacial score (nSPS) is 23.4. The van der Waals surface area contributed by atoms with E-state index in [4.69, 9.17) is 30.8 Å². The fourth-order valence-corrected chi connectivity index (χ4v) is 6.20. The minimum atomic E-state index is -1.27. The Morgan fingerprint density at radius 3 is 2.68 bits per heavy atom. The molecule has 8 nitrogen and oxygen atoms in total. The third kappa shape index (κ3) is 5.67. The fourth-order valence-electron chi connectivity index (χ4n) is 6.04. The lowest BCUT2D eigenvalue weighted by molar-refractivity contribution is -0.141. The molecule has 0 bridgehead atoms. The average molecular weight is 584 g/mol. The van der Waals surface area contributed by atoms with E-state index in [9.17, 15) is 14.3 Å². The zero-order valence-electron chi connectivity index (χ0n) is 23.3. The maximum Gasteiger partial charge on any atom is 0.306 e. The van der Waals surface area contributed by atoms with Crippen molar-refractivity contribution in [3.05, 3.63) is 76.1 Å². The number of likely N-dealkylation sites (tertiary alicyclic amines) is 1. The first-order valence-electron chi connectivity index (χ1n) is 14.3. The molecule has 3 aromatic rings. The molecular formula is C31H35ClFN3O5. The second kappa shape index (κ2) is 11.3. The number of piperidine rings is 1. The van der Waals surface area contributed by atoms with Crippen LogP contribution in [0.25, 0.3) is 0 Å². The number of hydrogen-bond donors (Lipinski definition) is 1. The summed E-state index contributed by atoms with van der Waals surface area (Å²) in [6.07, 6.45) is 5.29. The number of ether oxygens (including phenoxy) is 3. The molecular weight excluding hydrogens is 549 g/mol. The van der Waals surface area contributed by atoms with Gasteiger partial charge in [-0.15, -0.1) is 0 Å². The Labute approximate surface area is 244 Å². The number of fused-ring (bicyclic) bond motifs is 1. The van der Waals surface area contributed by atoms with Crippen LogP contribution in [0.5, 0.6) is 11.5 Å². The predicted octanol–water partition coefficient (Wildman–Crippen LogP) is 5.75. The van der Waals surface area contributed by atoms with Crippen LogP contribution in [0.1, 0.15) is 61.7 Å². The largest absolute Gasteiger partial charge is 0.481 e. The monoisotopic (exact) mass is 583 g/mol. The van der Waals surface area contributed by atoms with E-state index >= 15 is 0 Å². The van der Waals surface area contributed by atoms with Gasteiger partial charge in [-0.3, -0.25) is 9.69 Å². The van der Waals surface area contributed by atoms with Gasteiger partial charge in [0.15, 0.2) is 11.5 Å². The lowest BCUT2D eigenvalue weighted by atomic mass is 9.88. The summed E-state index contributed by atoms with van der Waals surface area (Å²) in [5.41, 5.74) is 2.32. The van der Waals surface area contributed by atoms with Gasteiger partial charge in [0.2, 0.25) is 0 Å². The first-order valence-corrected chi connectivity index (χ1v) is 14.6. The van der Waals surface area contributed by atoms with Gasteiger partial charge < -0.3 is 23.9 Å². The van der Waals surface area contributed by atoms with Crippen LogP contribution >= 0.6 is 11.6 Å². The van der Waals surface area contributed by atoms with Gasteiger partial charge in [0.05, 0.1) is 30.7 Å². The Kier molecular flexibility index (Phi) is 7.70.